The Morgan fingerprint density at radius 3 is 2.56 bits per heavy atom. The lowest BCUT2D eigenvalue weighted by molar-refractivity contribution is -0.147. The van der Waals surface area contributed by atoms with E-state index in [-0.39, 0.29) is 23.2 Å². The number of hydrogen-bond donors (Lipinski definition) is 0. The average molecular weight is 242 g/mol. The third kappa shape index (κ3) is 1.52. The normalized spacial score (nSPS) is 28.4. The van der Waals surface area contributed by atoms with Crippen LogP contribution in [0, 0.1) is 11.3 Å². The Bertz CT molecular complexity index is 485. The first-order chi connectivity index (χ1) is 8.69. The lowest BCUT2D eigenvalue weighted by atomic mass is 9.82. The molecule has 1 aromatic carbocycles. The quantitative estimate of drug-likeness (QED) is 0.587. The molecule has 2 saturated carbocycles. The number of hydrogen-bond acceptors (Lipinski definition) is 2. The number of benzene rings is 1. The summed E-state index contributed by atoms with van der Waals surface area (Å²) in [7, 11) is 1.49. The first-order valence-electron chi connectivity index (χ1n) is 6.50. The van der Waals surface area contributed by atoms with Crippen LogP contribution in [-0.2, 0) is 9.53 Å². The van der Waals surface area contributed by atoms with Crippen LogP contribution in [0.5, 0.6) is 0 Å². The largest absolute Gasteiger partial charge is 0.469 e. The molecule has 0 heterocycles. The Morgan fingerprint density at radius 1 is 1.33 bits per heavy atom. The first-order valence-corrected chi connectivity index (χ1v) is 6.50. The summed E-state index contributed by atoms with van der Waals surface area (Å²) in [6.07, 6.45) is 3.10. The number of methoxy groups -OCH3 is 1. The minimum absolute atomic E-state index is 0.0302. The zero-order valence-electron chi connectivity index (χ0n) is 10.7. The Kier molecular flexibility index (Phi) is 2.54. The lowest BCUT2D eigenvalue weighted by Gasteiger charge is -2.22. The Hall–Kier alpha value is -1.57. The molecule has 2 fully saturated rings. The van der Waals surface area contributed by atoms with E-state index in [1.807, 2.05) is 18.2 Å². The van der Waals surface area contributed by atoms with E-state index in [0.29, 0.717) is 0 Å². The molecule has 0 N–H and O–H groups in total. The van der Waals surface area contributed by atoms with Crippen molar-refractivity contribution in [2.24, 2.45) is 11.3 Å². The van der Waals surface area contributed by atoms with Crippen LogP contribution in [0.15, 0.2) is 42.5 Å². The fraction of sp³-hybridized carbons (Fsp3) is 0.438. The van der Waals surface area contributed by atoms with Crippen LogP contribution in [0.1, 0.15) is 30.7 Å². The molecule has 2 nitrogen and oxygen atoms in total. The summed E-state index contributed by atoms with van der Waals surface area (Å²) in [4.78, 5) is 12.1. The van der Waals surface area contributed by atoms with E-state index in [0.717, 1.165) is 19.3 Å². The molecule has 2 heteroatoms. The van der Waals surface area contributed by atoms with Crippen molar-refractivity contribution in [2.75, 3.05) is 7.11 Å². The van der Waals surface area contributed by atoms with Gasteiger partial charge in [-0.3, -0.25) is 4.79 Å². The van der Waals surface area contributed by atoms with Gasteiger partial charge in [0.2, 0.25) is 0 Å². The zero-order valence-corrected chi connectivity index (χ0v) is 10.7. The number of carbonyl (C=O) groups excluding carboxylic acids is 1. The highest BCUT2D eigenvalue weighted by molar-refractivity contribution is 5.77. The fourth-order valence-corrected chi connectivity index (χ4v) is 3.52. The number of carbonyl (C=O) groups is 1. The minimum atomic E-state index is -0.0694. The smallest absolute Gasteiger partial charge is 0.310 e. The van der Waals surface area contributed by atoms with Gasteiger partial charge in [0.1, 0.15) is 0 Å². The first kappa shape index (κ1) is 11.5. The van der Waals surface area contributed by atoms with Crippen LogP contribution in [-0.4, -0.2) is 13.1 Å². The highest BCUT2D eigenvalue weighted by Gasteiger charge is 2.61. The van der Waals surface area contributed by atoms with E-state index >= 15 is 0 Å². The second-order valence-electron chi connectivity index (χ2n) is 5.48. The summed E-state index contributed by atoms with van der Waals surface area (Å²) >= 11 is 0. The van der Waals surface area contributed by atoms with Gasteiger partial charge in [-0.15, -0.1) is 0 Å². The molecular formula is C16H18O2. The van der Waals surface area contributed by atoms with Gasteiger partial charge in [0.15, 0.2) is 0 Å². The van der Waals surface area contributed by atoms with E-state index in [4.69, 9.17) is 4.74 Å². The average Bonchev–Trinajstić information content (AvgIpc) is 3.14. The van der Waals surface area contributed by atoms with Crippen molar-refractivity contribution in [3.63, 3.8) is 0 Å². The summed E-state index contributed by atoms with van der Waals surface area (Å²) in [5.74, 6) is 0.144. The second-order valence-corrected chi connectivity index (χ2v) is 5.48. The number of allylic oxidation sites excluding steroid dienone is 1. The zero-order chi connectivity index (χ0) is 12.8. The molecular weight excluding hydrogens is 224 g/mol. The van der Waals surface area contributed by atoms with Crippen LogP contribution in [0.3, 0.4) is 0 Å². The summed E-state index contributed by atoms with van der Waals surface area (Å²) in [5, 5.41) is 0. The van der Waals surface area contributed by atoms with Crippen LogP contribution in [0.2, 0.25) is 0 Å². The molecule has 1 aromatic rings. The van der Waals surface area contributed by atoms with E-state index in [1.54, 1.807) is 0 Å². The Labute approximate surface area is 108 Å². The Morgan fingerprint density at radius 2 is 2.00 bits per heavy atom. The van der Waals surface area contributed by atoms with Crippen molar-refractivity contribution in [1.29, 1.82) is 0 Å². The highest BCUT2D eigenvalue weighted by Crippen LogP contribution is 2.67. The summed E-state index contributed by atoms with van der Waals surface area (Å²) < 4.78 is 5.03. The van der Waals surface area contributed by atoms with Crippen molar-refractivity contribution in [3.05, 3.63) is 48.0 Å². The topological polar surface area (TPSA) is 26.3 Å². The van der Waals surface area contributed by atoms with Crippen LogP contribution < -0.4 is 0 Å². The molecule has 2 atom stereocenters. The summed E-state index contributed by atoms with van der Waals surface area (Å²) in [6.45, 7) is 4.20. The number of esters is 1. The van der Waals surface area contributed by atoms with E-state index < -0.39 is 0 Å². The SMILES string of the molecule is C=C1C[C@@H](c2ccccc2)[C@H](C(=O)OC)C12CC2. The Balaban J connectivity index is 1.99. The van der Waals surface area contributed by atoms with Gasteiger partial charge in [0.05, 0.1) is 13.0 Å². The predicted octanol–water partition coefficient (Wildman–Crippen LogP) is 3.30. The summed E-state index contributed by atoms with van der Waals surface area (Å²) in [5.41, 5.74) is 2.53. The molecule has 2 aliphatic rings. The van der Waals surface area contributed by atoms with Crippen LogP contribution in [0.25, 0.3) is 0 Å². The van der Waals surface area contributed by atoms with Crippen molar-refractivity contribution in [2.45, 2.75) is 25.2 Å². The van der Waals surface area contributed by atoms with Crippen LogP contribution in [0.4, 0.5) is 0 Å². The van der Waals surface area contributed by atoms with Gasteiger partial charge in [0.25, 0.3) is 0 Å². The molecule has 0 amide bonds. The predicted molar refractivity (Wildman–Crippen MR) is 70.1 cm³/mol. The molecule has 1 spiro atoms. The molecule has 0 saturated heterocycles. The van der Waals surface area contributed by atoms with Gasteiger partial charge < -0.3 is 4.74 Å². The molecule has 0 bridgehead atoms. The van der Waals surface area contributed by atoms with E-state index in [9.17, 15) is 4.79 Å². The molecule has 2 aliphatic carbocycles. The van der Waals surface area contributed by atoms with Gasteiger partial charge in [-0.25, -0.2) is 0 Å². The maximum absolute atomic E-state index is 12.1. The van der Waals surface area contributed by atoms with Crippen molar-refractivity contribution < 1.29 is 9.53 Å². The van der Waals surface area contributed by atoms with Crippen molar-refractivity contribution in [1.82, 2.24) is 0 Å². The number of ether oxygens (including phenoxy) is 1. The molecule has 0 radical (unpaired) electrons. The third-order valence-electron chi connectivity index (χ3n) is 4.64. The standard InChI is InChI=1S/C16H18O2/c1-11-10-13(12-6-4-3-5-7-12)14(15(17)18-2)16(11)8-9-16/h3-7,13-14H,1,8-10H2,2H3/t13-,14+/m0/s1. The van der Waals surface area contributed by atoms with Gasteiger partial charge >= 0.3 is 5.97 Å². The maximum Gasteiger partial charge on any atom is 0.310 e. The van der Waals surface area contributed by atoms with E-state index in [2.05, 4.69) is 18.7 Å². The fourth-order valence-electron chi connectivity index (χ4n) is 3.52. The molecule has 0 aromatic heterocycles. The van der Waals surface area contributed by atoms with Gasteiger partial charge in [-0.05, 0) is 24.8 Å². The molecule has 18 heavy (non-hydrogen) atoms. The van der Waals surface area contributed by atoms with Crippen LogP contribution >= 0.6 is 0 Å². The van der Waals surface area contributed by atoms with Gasteiger partial charge in [-0.2, -0.15) is 0 Å². The monoisotopic (exact) mass is 242 g/mol. The van der Waals surface area contributed by atoms with Gasteiger partial charge in [0, 0.05) is 11.3 Å². The highest BCUT2D eigenvalue weighted by atomic mass is 16.5. The molecule has 0 aliphatic heterocycles. The molecule has 94 valence electrons. The number of rotatable bonds is 2. The van der Waals surface area contributed by atoms with E-state index in [1.165, 1.54) is 18.2 Å². The molecule has 0 unspecified atom stereocenters. The second kappa shape index (κ2) is 3.98. The van der Waals surface area contributed by atoms with Crippen molar-refractivity contribution in [3.8, 4) is 0 Å². The van der Waals surface area contributed by atoms with Crippen molar-refractivity contribution >= 4 is 5.97 Å². The lowest BCUT2D eigenvalue weighted by Crippen LogP contribution is -2.26. The minimum Gasteiger partial charge on any atom is -0.469 e. The third-order valence-corrected chi connectivity index (χ3v) is 4.64. The maximum atomic E-state index is 12.1. The molecule has 3 rings (SSSR count). The summed E-state index contributed by atoms with van der Waals surface area (Å²) in [6, 6.07) is 10.3. The van der Waals surface area contributed by atoms with Gasteiger partial charge in [-0.1, -0.05) is 42.5 Å².